The average Bonchev–Trinajstić information content (AvgIpc) is 3.18. The molecule has 0 aromatic carbocycles. The van der Waals surface area contributed by atoms with Gasteiger partial charge in [-0.1, -0.05) is 32.4 Å². The van der Waals surface area contributed by atoms with Crippen LogP contribution in [0.25, 0.3) is 0 Å². The summed E-state index contributed by atoms with van der Waals surface area (Å²) in [6.45, 7) is 8.51. The van der Waals surface area contributed by atoms with Crippen molar-refractivity contribution in [1.29, 1.82) is 0 Å². The first kappa shape index (κ1) is 16.8. The third-order valence-corrected chi connectivity index (χ3v) is 9.20. The van der Waals surface area contributed by atoms with Crippen LogP contribution in [-0.2, 0) is 9.47 Å². The Balaban J connectivity index is 1.56. The maximum atomic E-state index is 11.3. The molecule has 1 heterocycles. The second kappa shape index (κ2) is 5.33. The van der Waals surface area contributed by atoms with E-state index in [0.29, 0.717) is 30.5 Å². The molecule has 1 aliphatic heterocycles. The molecule has 0 bridgehead atoms. The highest BCUT2D eigenvalue weighted by molar-refractivity contribution is 5.32. The Morgan fingerprint density at radius 2 is 1.80 bits per heavy atom. The molecule has 1 saturated heterocycles. The summed E-state index contributed by atoms with van der Waals surface area (Å²) in [5.74, 6) is 2.25. The van der Waals surface area contributed by atoms with Crippen molar-refractivity contribution < 1.29 is 14.6 Å². The summed E-state index contributed by atoms with van der Waals surface area (Å²) in [5.41, 5.74) is 1.62. The Labute approximate surface area is 152 Å². The molecule has 4 aliphatic carbocycles. The van der Waals surface area contributed by atoms with Crippen LogP contribution < -0.4 is 0 Å². The van der Waals surface area contributed by atoms with Crippen molar-refractivity contribution in [3.8, 4) is 0 Å². The van der Waals surface area contributed by atoms with Gasteiger partial charge in [0.05, 0.1) is 24.7 Å². The maximum Gasteiger partial charge on any atom is 0.176 e. The standard InChI is InChI=1S/C22H34O3/c1-14-6-8-20(2)15(12-14)4-5-16-17-7-9-22(24-10-11-25-22)21(17,3)19(23)13-18(16)20/h13-17,19,23H,4-12H2,1-3H3/t14-,15-,16+,17+,19?,20+,21-/m1/s1. The third-order valence-electron chi connectivity index (χ3n) is 9.20. The predicted molar refractivity (Wildman–Crippen MR) is 96.9 cm³/mol. The molecule has 5 aliphatic rings. The average molecular weight is 347 g/mol. The highest BCUT2D eigenvalue weighted by Gasteiger charge is 2.68. The molecule has 0 aromatic rings. The molecule has 1 N–H and O–H groups in total. The molecule has 0 amide bonds. The van der Waals surface area contributed by atoms with E-state index in [-0.39, 0.29) is 5.41 Å². The Bertz CT molecular complexity index is 592. The second-order valence-electron chi connectivity index (χ2n) is 10.1. The van der Waals surface area contributed by atoms with E-state index in [9.17, 15) is 5.11 Å². The summed E-state index contributed by atoms with van der Waals surface area (Å²) in [7, 11) is 0. The Kier molecular flexibility index (Phi) is 3.57. The smallest absolute Gasteiger partial charge is 0.176 e. The Morgan fingerprint density at radius 1 is 1.04 bits per heavy atom. The fourth-order valence-electron chi connectivity index (χ4n) is 7.64. The van der Waals surface area contributed by atoms with Gasteiger partial charge in [0.25, 0.3) is 0 Å². The van der Waals surface area contributed by atoms with Crippen LogP contribution in [0.5, 0.6) is 0 Å². The van der Waals surface area contributed by atoms with E-state index in [4.69, 9.17) is 9.47 Å². The number of aliphatic hydroxyl groups is 1. The van der Waals surface area contributed by atoms with E-state index in [1.807, 2.05) is 0 Å². The maximum absolute atomic E-state index is 11.3. The molecule has 3 nitrogen and oxygen atoms in total. The number of hydrogen-bond donors (Lipinski definition) is 1. The van der Waals surface area contributed by atoms with Gasteiger partial charge in [0, 0.05) is 6.42 Å². The number of allylic oxidation sites excluding steroid dienone is 1. The summed E-state index contributed by atoms with van der Waals surface area (Å²) in [4.78, 5) is 0. The minimum absolute atomic E-state index is 0.289. The molecule has 0 radical (unpaired) electrons. The van der Waals surface area contributed by atoms with E-state index >= 15 is 0 Å². The molecule has 4 fully saturated rings. The summed E-state index contributed by atoms with van der Waals surface area (Å²) >= 11 is 0. The molecule has 3 saturated carbocycles. The lowest BCUT2D eigenvalue weighted by Gasteiger charge is -2.58. The lowest BCUT2D eigenvalue weighted by atomic mass is 9.48. The first-order valence-electron chi connectivity index (χ1n) is 10.6. The van der Waals surface area contributed by atoms with Crippen LogP contribution in [-0.4, -0.2) is 30.2 Å². The number of hydrogen-bond acceptors (Lipinski definition) is 3. The van der Waals surface area contributed by atoms with Crippen LogP contribution in [0.1, 0.15) is 65.7 Å². The van der Waals surface area contributed by atoms with E-state index in [1.165, 1.54) is 32.1 Å². The summed E-state index contributed by atoms with van der Waals surface area (Å²) in [5, 5.41) is 11.3. The first-order valence-corrected chi connectivity index (χ1v) is 10.6. The van der Waals surface area contributed by atoms with E-state index in [0.717, 1.165) is 24.7 Å². The molecule has 0 aromatic heterocycles. The van der Waals surface area contributed by atoms with Crippen molar-refractivity contribution in [3.63, 3.8) is 0 Å². The SMILES string of the molecule is C[C@@H]1CC[C@]2(C)C3=CC(O)[C@@]4(C)[C@@H](CCC45OCCO5)[C@@H]3CC[C@@H]2C1. The second-order valence-corrected chi connectivity index (χ2v) is 10.1. The van der Waals surface area contributed by atoms with Crippen LogP contribution in [0.3, 0.4) is 0 Å². The molecule has 3 heteroatoms. The zero-order chi connectivity index (χ0) is 17.4. The van der Waals surface area contributed by atoms with Gasteiger partial charge in [0.1, 0.15) is 0 Å². The van der Waals surface area contributed by atoms with Crippen LogP contribution >= 0.6 is 0 Å². The lowest BCUT2D eigenvalue weighted by Crippen LogP contribution is -2.58. The number of ether oxygens (including phenoxy) is 2. The largest absolute Gasteiger partial charge is 0.388 e. The van der Waals surface area contributed by atoms with Crippen molar-refractivity contribution >= 4 is 0 Å². The van der Waals surface area contributed by atoms with Crippen molar-refractivity contribution in [1.82, 2.24) is 0 Å². The van der Waals surface area contributed by atoms with Crippen molar-refractivity contribution in [2.24, 2.45) is 34.5 Å². The zero-order valence-corrected chi connectivity index (χ0v) is 16.1. The zero-order valence-electron chi connectivity index (χ0n) is 16.1. The number of aliphatic hydroxyl groups excluding tert-OH is 1. The van der Waals surface area contributed by atoms with Gasteiger partial charge in [0.2, 0.25) is 0 Å². The molecule has 5 rings (SSSR count). The van der Waals surface area contributed by atoms with Crippen molar-refractivity contribution in [2.45, 2.75) is 77.6 Å². The van der Waals surface area contributed by atoms with E-state index in [2.05, 4.69) is 26.8 Å². The van der Waals surface area contributed by atoms with Gasteiger partial charge in [-0.05, 0) is 67.6 Å². The monoisotopic (exact) mass is 346 g/mol. The normalized spacial score (nSPS) is 53.9. The summed E-state index contributed by atoms with van der Waals surface area (Å²) in [6, 6.07) is 0. The topological polar surface area (TPSA) is 38.7 Å². The Morgan fingerprint density at radius 3 is 2.56 bits per heavy atom. The van der Waals surface area contributed by atoms with Gasteiger partial charge in [0.15, 0.2) is 5.79 Å². The van der Waals surface area contributed by atoms with Gasteiger partial charge >= 0.3 is 0 Å². The lowest BCUT2D eigenvalue weighted by molar-refractivity contribution is -0.252. The molecular weight excluding hydrogens is 312 g/mol. The fraction of sp³-hybridized carbons (Fsp3) is 0.909. The molecule has 1 spiro atoms. The van der Waals surface area contributed by atoms with Crippen LogP contribution in [0.2, 0.25) is 0 Å². The van der Waals surface area contributed by atoms with Gasteiger partial charge in [-0.25, -0.2) is 0 Å². The molecule has 1 unspecified atom stereocenters. The fourth-order valence-corrected chi connectivity index (χ4v) is 7.64. The van der Waals surface area contributed by atoms with Gasteiger partial charge in [-0.3, -0.25) is 0 Å². The predicted octanol–water partition coefficient (Wildman–Crippen LogP) is 4.30. The number of fused-ring (bicyclic) bond motifs is 6. The summed E-state index contributed by atoms with van der Waals surface area (Å²) in [6.07, 6.45) is 10.6. The highest BCUT2D eigenvalue weighted by Crippen LogP contribution is 2.67. The number of rotatable bonds is 0. The third kappa shape index (κ3) is 1.98. The van der Waals surface area contributed by atoms with Crippen molar-refractivity contribution in [2.75, 3.05) is 13.2 Å². The first-order chi connectivity index (χ1) is 11.9. The highest BCUT2D eigenvalue weighted by atomic mass is 16.7. The van der Waals surface area contributed by atoms with Gasteiger partial charge < -0.3 is 14.6 Å². The van der Waals surface area contributed by atoms with Crippen molar-refractivity contribution in [3.05, 3.63) is 11.6 Å². The van der Waals surface area contributed by atoms with Gasteiger partial charge in [-0.15, -0.1) is 0 Å². The van der Waals surface area contributed by atoms with Crippen LogP contribution in [0.4, 0.5) is 0 Å². The molecule has 140 valence electrons. The molecular formula is C22H34O3. The minimum Gasteiger partial charge on any atom is -0.388 e. The Hall–Kier alpha value is -0.380. The summed E-state index contributed by atoms with van der Waals surface area (Å²) < 4.78 is 12.3. The quantitative estimate of drug-likeness (QED) is 0.665. The van der Waals surface area contributed by atoms with Crippen LogP contribution in [0.15, 0.2) is 11.6 Å². The minimum atomic E-state index is -0.544. The molecule has 25 heavy (non-hydrogen) atoms. The van der Waals surface area contributed by atoms with Crippen LogP contribution in [0, 0.1) is 34.5 Å². The van der Waals surface area contributed by atoms with E-state index < -0.39 is 11.9 Å². The molecule has 7 atom stereocenters. The van der Waals surface area contributed by atoms with Gasteiger partial charge in [-0.2, -0.15) is 0 Å². The van der Waals surface area contributed by atoms with E-state index in [1.54, 1.807) is 5.57 Å².